The zero-order chi connectivity index (χ0) is 9.64. The van der Waals surface area contributed by atoms with Crippen LogP contribution in [0.3, 0.4) is 0 Å². The highest BCUT2D eigenvalue weighted by molar-refractivity contribution is 5.44. The lowest BCUT2D eigenvalue weighted by atomic mass is 9.89. The van der Waals surface area contributed by atoms with E-state index in [9.17, 15) is 0 Å². The summed E-state index contributed by atoms with van der Waals surface area (Å²) in [5, 5.41) is 0. The molecule has 14 heavy (non-hydrogen) atoms. The Morgan fingerprint density at radius 1 is 1.14 bits per heavy atom. The Morgan fingerprint density at radius 2 is 2.00 bits per heavy atom. The Bertz CT molecular complexity index is 283. The summed E-state index contributed by atoms with van der Waals surface area (Å²) in [4.78, 5) is 4.28. The molecule has 1 fully saturated rings. The number of hydrogen-bond acceptors (Lipinski definition) is 1. The molecular formula is C13H17N. The normalized spacial score (nSPS) is 18.9. The van der Waals surface area contributed by atoms with Gasteiger partial charge in [0.05, 0.1) is 5.69 Å². The highest BCUT2D eigenvalue weighted by Crippen LogP contribution is 2.24. The maximum absolute atomic E-state index is 4.28. The van der Waals surface area contributed by atoms with Crippen LogP contribution in [0.5, 0.6) is 0 Å². The van der Waals surface area contributed by atoms with Gasteiger partial charge in [-0.05, 0) is 37.0 Å². The van der Waals surface area contributed by atoms with Gasteiger partial charge in [0.1, 0.15) is 0 Å². The molecule has 0 radical (unpaired) electrons. The van der Waals surface area contributed by atoms with Crippen LogP contribution in [0.2, 0.25) is 0 Å². The first kappa shape index (κ1) is 9.45. The first-order valence-electron chi connectivity index (χ1n) is 5.54. The third-order valence-corrected chi connectivity index (χ3v) is 2.88. The summed E-state index contributed by atoms with van der Waals surface area (Å²) in [6, 6.07) is 6.05. The standard InChI is InChI=1S/C13H17N/c1-2-6-12(7-3-1)9-10-13-8-4-5-11-14-13/h4-5,8-12H,1-3,6-7H2/b10-9+. The number of pyridine rings is 1. The monoisotopic (exact) mass is 187 g/mol. The number of nitrogens with zero attached hydrogens (tertiary/aromatic N) is 1. The van der Waals surface area contributed by atoms with Gasteiger partial charge in [0.2, 0.25) is 0 Å². The second-order valence-electron chi connectivity index (χ2n) is 4.01. The van der Waals surface area contributed by atoms with Crippen LogP contribution in [0, 0.1) is 5.92 Å². The van der Waals surface area contributed by atoms with Gasteiger partial charge < -0.3 is 0 Å². The third-order valence-electron chi connectivity index (χ3n) is 2.88. The first-order chi connectivity index (χ1) is 6.95. The van der Waals surface area contributed by atoms with E-state index >= 15 is 0 Å². The minimum Gasteiger partial charge on any atom is -0.257 e. The summed E-state index contributed by atoms with van der Waals surface area (Å²) in [6.45, 7) is 0. The minimum atomic E-state index is 0.797. The van der Waals surface area contributed by atoms with Crippen LogP contribution in [0.15, 0.2) is 30.5 Å². The average molecular weight is 187 g/mol. The summed E-state index contributed by atoms with van der Waals surface area (Å²) in [5.41, 5.74) is 1.08. The van der Waals surface area contributed by atoms with Crippen LogP contribution in [0.25, 0.3) is 6.08 Å². The molecule has 1 saturated carbocycles. The molecule has 1 aliphatic carbocycles. The fraction of sp³-hybridized carbons (Fsp3) is 0.462. The van der Waals surface area contributed by atoms with Crippen LogP contribution in [0.1, 0.15) is 37.8 Å². The largest absolute Gasteiger partial charge is 0.257 e. The van der Waals surface area contributed by atoms with Crippen LogP contribution < -0.4 is 0 Å². The lowest BCUT2D eigenvalue weighted by Gasteiger charge is -2.17. The van der Waals surface area contributed by atoms with E-state index in [0.717, 1.165) is 11.6 Å². The van der Waals surface area contributed by atoms with Gasteiger partial charge >= 0.3 is 0 Å². The highest BCUT2D eigenvalue weighted by Gasteiger charge is 2.09. The summed E-state index contributed by atoms with van der Waals surface area (Å²) < 4.78 is 0. The molecule has 0 saturated heterocycles. The fourth-order valence-corrected chi connectivity index (χ4v) is 2.04. The minimum absolute atomic E-state index is 0.797. The van der Waals surface area contributed by atoms with E-state index < -0.39 is 0 Å². The Morgan fingerprint density at radius 3 is 2.71 bits per heavy atom. The van der Waals surface area contributed by atoms with Gasteiger partial charge in [-0.25, -0.2) is 0 Å². The van der Waals surface area contributed by atoms with Gasteiger partial charge in [0.25, 0.3) is 0 Å². The van der Waals surface area contributed by atoms with Crippen LogP contribution >= 0.6 is 0 Å². The summed E-state index contributed by atoms with van der Waals surface area (Å²) in [6.07, 6.45) is 13.3. The predicted molar refractivity (Wildman–Crippen MR) is 59.8 cm³/mol. The maximum Gasteiger partial charge on any atom is 0.0626 e. The van der Waals surface area contributed by atoms with Crippen LogP contribution in [0.4, 0.5) is 0 Å². The van der Waals surface area contributed by atoms with E-state index in [1.807, 2.05) is 18.3 Å². The van der Waals surface area contributed by atoms with Gasteiger partial charge in [-0.3, -0.25) is 4.98 Å². The zero-order valence-electron chi connectivity index (χ0n) is 8.52. The van der Waals surface area contributed by atoms with Crippen molar-refractivity contribution in [3.05, 3.63) is 36.2 Å². The maximum atomic E-state index is 4.28. The molecule has 0 bridgehead atoms. The fourth-order valence-electron chi connectivity index (χ4n) is 2.04. The van der Waals surface area contributed by atoms with Crippen LogP contribution in [-0.2, 0) is 0 Å². The predicted octanol–water partition coefficient (Wildman–Crippen LogP) is 3.68. The highest BCUT2D eigenvalue weighted by atomic mass is 14.6. The molecule has 0 aromatic carbocycles. The summed E-state index contributed by atoms with van der Waals surface area (Å²) >= 11 is 0. The second-order valence-corrected chi connectivity index (χ2v) is 4.01. The molecular weight excluding hydrogens is 170 g/mol. The smallest absolute Gasteiger partial charge is 0.0626 e. The van der Waals surface area contributed by atoms with Gasteiger partial charge in [-0.15, -0.1) is 0 Å². The van der Waals surface area contributed by atoms with Crippen molar-refractivity contribution in [2.45, 2.75) is 32.1 Å². The second kappa shape index (κ2) is 4.94. The SMILES string of the molecule is C(=C\C1CCCCC1)/c1ccccn1. The van der Waals surface area contributed by atoms with Crippen molar-refractivity contribution < 1.29 is 0 Å². The van der Waals surface area contributed by atoms with E-state index in [0.29, 0.717) is 0 Å². The quantitative estimate of drug-likeness (QED) is 0.688. The van der Waals surface area contributed by atoms with E-state index in [1.54, 1.807) is 0 Å². The lowest BCUT2D eigenvalue weighted by molar-refractivity contribution is 0.420. The van der Waals surface area contributed by atoms with Crippen molar-refractivity contribution in [1.29, 1.82) is 0 Å². The Labute approximate surface area is 85.9 Å². The molecule has 0 atom stereocenters. The van der Waals surface area contributed by atoms with Gasteiger partial charge in [0.15, 0.2) is 0 Å². The molecule has 2 rings (SSSR count). The third kappa shape index (κ3) is 2.69. The van der Waals surface area contributed by atoms with Gasteiger partial charge in [0, 0.05) is 6.20 Å². The lowest BCUT2D eigenvalue weighted by Crippen LogP contribution is -2.02. The van der Waals surface area contributed by atoms with Crippen molar-refractivity contribution in [1.82, 2.24) is 4.98 Å². The van der Waals surface area contributed by atoms with E-state index in [4.69, 9.17) is 0 Å². The number of hydrogen-bond donors (Lipinski definition) is 0. The Hall–Kier alpha value is -1.11. The number of aromatic nitrogens is 1. The molecule has 0 N–H and O–H groups in total. The van der Waals surface area contributed by atoms with Crippen molar-refractivity contribution in [3.63, 3.8) is 0 Å². The van der Waals surface area contributed by atoms with Crippen molar-refractivity contribution in [2.75, 3.05) is 0 Å². The molecule has 0 spiro atoms. The molecule has 0 aliphatic heterocycles. The number of rotatable bonds is 2. The molecule has 74 valence electrons. The molecule has 1 aromatic rings. The van der Waals surface area contributed by atoms with Crippen molar-refractivity contribution in [3.8, 4) is 0 Å². The molecule has 1 aromatic heterocycles. The van der Waals surface area contributed by atoms with Gasteiger partial charge in [-0.1, -0.05) is 31.4 Å². The van der Waals surface area contributed by atoms with E-state index in [-0.39, 0.29) is 0 Å². The average Bonchev–Trinajstić information content (AvgIpc) is 2.29. The molecule has 0 unspecified atom stereocenters. The molecule has 0 amide bonds. The first-order valence-corrected chi connectivity index (χ1v) is 5.54. The van der Waals surface area contributed by atoms with E-state index in [1.165, 1.54) is 32.1 Å². The van der Waals surface area contributed by atoms with Crippen molar-refractivity contribution in [2.24, 2.45) is 5.92 Å². The van der Waals surface area contributed by atoms with Crippen molar-refractivity contribution >= 4 is 6.08 Å². The number of allylic oxidation sites excluding steroid dienone is 1. The van der Waals surface area contributed by atoms with E-state index in [2.05, 4.69) is 23.2 Å². The molecule has 1 aliphatic rings. The van der Waals surface area contributed by atoms with Gasteiger partial charge in [-0.2, -0.15) is 0 Å². The Kier molecular flexibility index (Phi) is 3.33. The molecule has 1 nitrogen and oxygen atoms in total. The molecule has 1 heterocycles. The summed E-state index contributed by atoms with van der Waals surface area (Å²) in [5.74, 6) is 0.797. The molecule has 1 heteroatoms. The summed E-state index contributed by atoms with van der Waals surface area (Å²) in [7, 11) is 0. The van der Waals surface area contributed by atoms with Crippen LogP contribution in [-0.4, -0.2) is 4.98 Å². The zero-order valence-corrected chi connectivity index (χ0v) is 8.52. The topological polar surface area (TPSA) is 12.9 Å². The Balaban J connectivity index is 1.93.